The predicted molar refractivity (Wildman–Crippen MR) is 67.8 cm³/mol. The summed E-state index contributed by atoms with van der Waals surface area (Å²) in [5, 5.41) is 2.85. The first kappa shape index (κ1) is 12.0. The first-order valence-corrected chi connectivity index (χ1v) is 7.16. The van der Waals surface area contributed by atoms with E-state index in [-0.39, 0.29) is 17.9 Å². The van der Waals surface area contributed by atoms with Gasteiger partial charge in [0.05, 0.1) is 0 Å². The molecule has 3 rings (SSSR count). The van der Waals surface area contributed by atoms with Gasteiger partial charge in [-0.05, 0) is 51.4 Å². The van der Waals surface area contributed by atoms with Gasteiger partial charge in [-0.3, -0.25) is 9.59 Å². The van der Waals surface area contributed by atoms with E-state index in [1.807, 2.05) is 11.8 Å². The lowest BCUT2D eigenvalue weighted by Crippen LogP contribution is -2.70. The fourth-order valence-electron chi connectivity index (χ4n) is 3.25. The third-order valence-corrected chi connectivity index (χ3v) is 5.04. The number of piperazine rings is 1. The van der Waals surface area contributed by atoms with Crippen LogP contribution in [-0.4, -0.2) is 34.8 Å². The van der Waals surface area contributed by atoms with Gasteiger partial charge in [0.2, 0.25) is 11.8 Å². The Kier molecular flexibility index (Phi) is 2.65. The Morgan fingerprint density at radius 2 is 1.94 bits per heavy atom. The van der Waals surface area contributed by atoms with Gasteiger partial charge < -0.3 is 10.2 Å². The van der Waals surface area contributed by atoms with Gasteiger partial charge >= 0.3 is 0 Å². The van der Waals surface area contributed by atoms with Crippen LogP contribution < -0.4 is 5.32 Å². The van der Waals surface area contributed by atoms with E-state index in [0.717, 1.165) is 19.4 Å². The van der Waals surface area contributed by atoms with Crippen molar-refractivity contribution >= 4 is 11.8 Å². The fraction of sp³-hybridized carbons (Fsp3) is 0.857. The highest BCUT2D eigenvalue weighted by Gasteiger charge is 2.56. The summed E-state index contributed by atoms with van der Waals surface area (Å²) in [6.07, 6.45) is 5.84. The summed E-state index contributed by atoms with van der Waals surface area (Å²) in [7, 11) is 0. The highest BCUT2D eigenvalue weighted by molar-refractivity contribution is 5.99. The van der Waals surface area contributed by atoms with Crippen LogP contribution in [0, 0.1) is 11.8 Å². The molecule has 0 bridgehead atoms. The van der Waals surface area contributed by atoms with Crippen LogP contribution in [0.1, 0.15) is 46.0 Å². The number of carbonyl (C=O) groups is 2. The zero-order valence-corrected chi connectivity index (χ0v) is 11.2. The lowest BCUT2D eigenvalue weighted by molar-refractivity contribution is -0.159. The van der Waals surface area contributed by atoms with Crippen LogP contribution in [0.3, 0.4) is 0 Å². The maximum atomic E-state index is 12.4. The molecule has 4 nitrogen and oxygen atoms in total. The van der Waals surface area contributed by atoms with Gasteiger partial charge in [-0.15, -0.1) is 0 Å². The second kappa shape index (κ2) is 3.97. The van der Waals surface area contributed by atoms with Crippen LogP contribution in [-0.2, 0) is 9.59 Å². The molecule has 2 saturated carbocycles. The number of nitrogens with zero attached hydrogens (tertiary/aromatic N) is 1. The highest BCUT2D eigenvalue weighted by atomic mass is 16.2. The fourth-order valence-corrected chi connectivity index (χ4v) is 3.25. The SMILES string of the molecule is CC1NC(=O)C(C)(C2CC2)N(CC2CCC2)C1=O. The van der Waals surface area contributed by atoms with Gasteiger partial charge in [-0.1, -0.05) is 6.42 Å². The van der Waals surface area contributed by atoms with E-state index < -0.39 is 5.54 Å². The van der Waals surface area contributed by atoms with Crippen molar-refractivity contribution in [1.82, 2.24) is 10.2 Å². The minimum absolute atomic E-state index is 0.0522. The van der Waals surface area contributed by atoms with Crippen molar-refractivity contribution in [1.29, 1.82) is 0 Å². The molecule has 1 heterocycles. The molecular weight excluding hydrogens is 228 g/mol. The number of carbonyl (C=O) groups excluding carboxylic acids is 2. The Balaban J connectivity index is 1.86. The smallest absolute Gasteiger partial charge is 0.246 e. The second-order valence-electron chi connectivity index (χ2n) is 6.36. The third kappa shape index (κ3) is 1.65. The molecule has 3 aliphatic rings. The molecule has 100 valence electrons. The Morgan fingerprint density at radius 3 is 2.44 bits per heavy atom. The highest BCUT2D eigenvalue weighted by Crippen LogP contribution is 2.45. The Labute approximate surface area is 108 Å². The molecule has 3 fully saturated rings. The second-order valence-corrected chi connectivity index (χ2v) is 6.36. The number of hydrogen-bond donors (Lipinski definition) is 1. The summed E-state index contributed by atoms with van der Waals surface area (Å²) in [4.78, 5) is 26.7. The first-order chi connectivity index (χ1) is 8.53. The van der Waals surface area contributed by atoms with Gasteiger partial charge in [-0.2, -0.15) is 0 Å². The molecule has 0 aromatic heterocycles. The van der Waals surface area contributed by atoms with Gasteiger partial charge in [-0.25, -0.2) is 0 Å². The molecule has 2 aliphatic carbocycles. The largest absolute Gasteiger partial charge is 0.343 e. The van der Waals surface area contributed by atoms with E-state index in [4.69, 9.17) is 0 Å². The average Bonchev–Trinajstić information content (AvgIpc) is 3.08. The van der Waals surface area contributed by atoms with Crippen LogP contribution in [0.15, 0.2) is 0 Å². The normalized spacial score (nSPS) is 37.4. The van der Waals surface area contributed by atoms with Gasteiger partial charge in [0.1, 0.15) is 11.6 Å². The molecule has 0 radical (unpaired) electrons. The van der Waals surface area contributed by atoms with Crippen molar-refractivity contribution in [2.24, 2.45) is 11.8 Å². The van der Waals surface area contributed by atoms with Crippen molar-refractivity contribution < 1.29 is 9.59 Å². The van der Waals surface area contributed by atoms with Crippen LogP contribution in [0.5, 0.6) is 0 Å². The van der Waals surface area contributed by atoms with Crippen molar-refractivity contribution in [3.8, 4) is 0 Å². The first-order valence-electron chi connectivity index (χ1n) is 7.16. The Hall–Kier alpha value is -1.06. The number of rotatable bonds is 3. The van der Waals surface area contributed by atoms with Gasteiger partial charge in [0, 0.05) is 6.54 Å². The Morgan fingerprint density at radius 1 is 1.28 bits per heavy atom. The summed E-state index contributed by atoms with van der Waals surface area (Å²) in [6.45, 7) is 4.53. The van der Waals surface area contributed by atoms with Crippen LogP contribution >= 0.6 is 0 Å². The lowest BCUT2D eigenvalue weighted by Gasteiger charge is -2.48. The van der Waals surface area contributed by atoms with Crippen LogP contribution in [0.25, 0.3) is 0 Å². The molecule has 0 aromatic carbocycles. The molecule has 2 atom stereocenters. The number of nitrogens with one attached hydrogen (secondary N) is 1. The van der Waals surface area contributed by atoms with Gasteiger partial charge in [0.15, 0.2) is 0 Å². The molecule has 1 aliphatic heterocycles. The van der Waals surface area contributed by atoms with E-state index in [0.29, 0.717) is 11.8 Å². The summed E-state index contributed by atoms with van der Waals surface area (Å²) in [6, 6.07) is -0.357. The minimum atomic E-state index is -0.584. The maximum absolute atomic E-state index is 12.4. The molecule has 1 saturated heterocycles. The molecule has 2 unspecified atom stereocenters. The molecule has 18 heavy (non-hydrogen) atoms. The van der Waals surface area contributed by atoms with Crippen molar-refractivity contribution in [2.45, 2.75) is 57.5 Å². The monoisotopic (exact) mass is 250 g/mol. The van der Waals surface area contributed by atoms with Crippen molar-refractivity contribution in [3.63, 3.8) is 0 Å². The molecule has 0 aromatic rings. The third-order valence-electron chi connectivity index (χ3n) is 5.04. The number of hydrogen-bond acceptors (Lipinski definition) is 2. The van der Waals surface area contributed by atoms with Gasteiger partial charge in [0.25, 0.3) is 0 Å². The molecule has 0 spiro atoms. The van der Waals surface area contributed by atoms with E-state index >= 15 is 0 Å². The van der Waals surface area contributed by atoms with Crippen LogP contribution in [0.4, 0.5) is 0 Å². The molecular formula is C14H22N2O2. The number of amides is 2. The topological polar surface area (TPSA) is 49.4 Å². The maximum Gasteiger partial charge on any atom is 0.246 e. The zero-order valence-electron chi connectivity index (χ0n) is 11.2. The van der Waals surface area contributed by atoms with Crippen LogP contribution in [0.2, 0.25) is 0 Å². The van der Waals surface area contributed by atoms with E-state index in [9.17, 15) is 9.59 Å². The summed E-state index contributed by atoms with van der Waals surface area (Å²) in [5.74, 6) is 1.14. The molecule has 1 N–H and O–H groups in total. The predicted octanol–water partition coefficient (Wildman–Crippen LogP) is 1.30. The lowest BCUT2D eigenvalue weighted by atomic mass is 9.81. The summed E-state index contributed by atoms with van der Waals surface area (Å²) in [5.41, 5.74) is -0.584. The average molecular weight is 250 g/mol. The molecule has 4 heteroatoms. The van der Waals surface area contributed by atoms with Crippen molar-refractivity contribution in [2.75, 3.05) is 6.54 Å². The van der Waals surface area contributed by atoms with E-state index in [1.54, 1.807) is 6.92 Å². The summed E-state index contributed by atoms with van der Waals surface area (Å²) >= 11 is 0. The summed E-state index contributed by atoms with van der Waals surface area (Å²) < 4.78 is 0. The van der Waals surface area contributed by atoms with E-state index in [2.05, 4.69) is 5.32 Å². The molecule has 2 amide bonds. The zero-order chi connectivity index (χ0) is 12.9. The minimum Gasteiger partial charge on any atom is -0.343 e. The quantitative estimate of drug-likeness (QED) is 0.821. The Bertz CT molecular complexity index is 387. The standard InChI is InChI=1S/C14H22N2O2/c1-9-12(17)16(8-10-4-3-5-10)14(2,11-6-7-11)13(18)15-9/h9-11H,3-8H2,1-2H3,(H,15,18). The van der Waals surface area contributed by atoms with Crippen molar-refractivity contribution in [3.05, 3.63) is 0 Å². The van der Waals surface area contributed by atoms with E-state index in [1.165, 1.54) is 19.3 Å².